The van der Waals surface area contributed by atoms with Crippen molar-refractivity contribution in [3.8, 4) is 11.8 Å². The molecule has 0 saturated heterocycles. The lowest BCUT2D eigenvalue weighted by molar-refractivity contribution is -0.385. The van der Waals surface area contributed by atoms with E-state index in [-0.39, 0.29) is 10.5 Å². The van der Waals surface area contributed by atoms with E-state index in [2.05, 4.69) is 5.32 Å². The number of nitro benzene ring substituents is 1. The highest BCUT2D eigenvalue weighted by Crippen LogP contribution is 2.23. The molecule has 0 atom stereocenters. The van der Waals surface area contributed by atoms with E-state index in [9.17, 15) is 23.3 Å². The van der Waals surface area contributed by atoms with E-state index in [0.717, 1.165) is 24.5 Å². The van der Waals surface area contributed by atoms with E-state index >= 15 is 0 Å². The SMILES string of the molecule is CS(=O)(=O)c1cc(C(=O)Nc2cccc(OCCCC#N)c2)cc([N+](=O)[O-])c1. The zero-order chi connectivity index (χ0) is 20.7. The molecule has 0 bridgehead atoms. The van der Waals surface area contributed by atoms with Crippen LogP contribution in [0.25, 0.3) is 0 Å². The van der Waals surface area contributed by atoms with Crippen LogP contribution < -0.4 is 10.1 Å². The van der Waals surface area contributed by atoms with Gasteiger partial charge in [-0.15, -0.1) is 0 Å². The van der Waals surface area contributed by atoms with Gasteiger partial charge in [0.1, 0.15) is 5.75 Å². The maximum atomic E-state index is 12.5. The average Bonchev–Trinajstić information content (AvgIpc) is 2.64. The average molecular weight is 403 g/mol. The van der Waals surface area contributed by atoms with Crippen molar-refractivity contribution >= 4 is 27.1 Å². The van der Waals surface area contributed by atoms with Crippen molar-refractivity contribution in [2.45, 2.75) is 17.7 Å². The topological polar surface area (TPSA) is 139 Å². The number of nitro groups is 1. The normalized spacial score (nSPS) is 10.7. The molecule has 2 rings (SSSR count). The Bertz CT molecular complexity index is 1040. The van der Waals surface area contributed by atoms with E-state index in [4.69, 9.17) is 10.00 Å². The second kappa shape index (κ2) is 8.96. The molecule has 28 heavy (non-hydrogen) atoms. The van der Waals surface area contributed by atoms with Gasteiger partial charge in [0.15, 0.2) is 9.84 Å². The predicted molar refractivity (Wildman–Crippen MR) is 101 cm³/mol. The van der Waals surface area contributed by atoms with Crippen LogP contribution >= 0.6 is 0 Å². The predicted octanol–water partition coefficient (Wildman–Crippen LogP) is 2.93. The number of amides is 1. The molecule has 0 fully saturated rings. The molecule has 2 aromatic rings. The molecule has 0 aliphatic heterocycles. The van der Waals surface area contributed by atoms with Gasteiger partial charge in [-0.25, -0.2) is 8.42 Å². The molecule has 0 aromatic heterocycles. The Hall–Kier alpha value is -3.45. The number of anilines is 1. The molecule has 9 nitrogen and oxygen atoms in total. The summed E-state index contributed by atoms with van der Waals surface area (Å²) in [6.07, 6.45) is 1.84. The van der Waals surface area contributed by atoms with Crippen LogP contribution in [0.3, 0.4) is 0 Å². The number of hydrogen-bond acceptors (Lipinski definition) is 7. The van der Waals surface area contributed by atoms with Gasteiger partial charge in [0, 0.05) is 42.1 Å². The van der Waals surface area contributed by atoms with Gasteiger partial charge in [0.05, 0.1) is 22.5 Å². The minimum absolute atomic E-state index is 0.157. The third kappa shape index (κ3) is 5.78. The number of nitrogens with one attached hydrogen (secondary N) is 1. The zero-order valence-corrected chi connectivity index (χ0v) is 15.7. The van der Waals surface area contributed by atoms with Gasteiger partial charge in [-0.05, 0) is 24.6 Å². The highest BCUT2D eigenvalue weighted by atomic mass is 32.2. The zero-order valence-electron chi connectivity index (χ0n) is 14.9. The second-order valence-corrected chi connectivity index (χ2v) is 7.85. The summed E-state index contributed by atoms with van der Waals surface area (Å²) in [5, 5.41) is 22.1. The Labute approximate surface area is 161 Å². The number of hydrogen-bond donors (Lipinski definition) is 1. The molecular formula is C18H17N3O6S. The summed E-state index contributed by atoms with van der Waals surface area (Å²) in [6, 6.07) is 11.5. The summed E-state index contributed by atoms with van der Waals surface area (Å²) >= 11 is 0. The van der Waals surface area contributed by atoms with Crippen molar-refractivity contribution < 1.29 is 22.9 Å². The lowest BCUT2D eigenvalue weighted by Gasteiger charge is -2.09. The number of sulfone groups is 1. The molecule has 0 unspecified atom stereocenters. The fourth-order valence-corrected chi connectivity index (χ4v) is 2.92. The minimum atomic E-state index is -3.74. The largest absolute Gasteiger partial charge is 0.493 e. The first-order valence-corrected chi connectivity index (χ1v) is 10.0. The van der Waals surface area contributed by atoms with Gasteiger partial charge in [-0.1, -0.05) is 6.07 Å². The number of nitrogens with zero attached hydrogens (tertiary/aromatic N) is 2. The fraction of sp³-hybridized carbons (Fsp3) is 0.222. The highest BCUT2D eigenvalue weighted by molar-refractivity contribution is 7.90. The summed E-state index contributed by atoms with van der Waals surface area (Å²) in [5.74, 6) is -0.221. The van der Waals surface area contributed by atoms with E-state index in [1.165, 1.54) is 0 Å². The van der Waals surface area contributed by atoms with Crippen LogP contribution in [0.15, 0.2) is 47.4 Å². The van der Waals surface area contributed by atoms with E-state index in [1.807, 2.05) is 6.07 Å². The van der Waals surface area contributed by atoms with Crippen LogP contribution in [0, 0.1) is 21.4 Å². The molecule has 0 aliphatic carbocycles. The van der Waals surface area contributed by atoms with Crippen molar-refractivity contribution in [1.82, 2.24) is 0 Å². The molecule has 0 saturated carbocycles. The van der Waals surface area contributed by atoms with Crippen molar-refractivity contribution in [3.05, 3.63) is 58.1 Å². The van der Waals surface area contributed by atoms with Gasteiger partial charge in [-0.3, -0.25) is 14.9 Å². The minimum Gasteiger partial charge on any atom is -0.493 e. The molecule has 2 aromatic carbocycles. The lowest BCUT2D eigenvalue weighted by Crippen LogP contribution is -2.13. The van der Waals surface area contributed by atoms with Crippen LogP contribution in [0.2, 0.25) is 0 Å². The van der Waals surface area contributed by atoms with Crippen LogP contribution in [-0.2, 0) is 9.84 Å². The van der Waals surface area contributed by atoms with Gasteiger partial charge in [0.2, 0.25) is 0 Å². The molecule has 10 heteroatoms. The van der Waals surface area contributed by atoms with Crippen LogP contribution in [0.1, 0.15) is 23.2 Å². The number of unbranched alkanes of at least 4 members (excludes halogenated alkanes) is 1. The number of non-ortho nitro benzene ring substituents is 1. The second-order valence-electron chi connectivity index (χ2n) is 5.84. The summed E-state index contributed by atoms with van der Waals surface area (Å²) < 4.78 is 29.0. The fourth-order valence-electron chi connectivity index (χ4n) is 2.24. The van der Waals surface area contributed by atoms with Gasteiger partial charge in [-0.2, -0.15) is 5.26 Å². The molecule has 1 amide bonds. The molecule has 146 valence electrons. The Morgan fingerprint density at radius 1 is 1.29 bits per heavy atom. The molecule has 1 N–H and O–H groups in total. The monoisotopic (exact) mass is 403 g/mol. The van der Waals surface area contributed by atoms with E-state index in [1.54, 1.807) is 24.3 Å². The number of rotatable bonds is 8. The number of carbonyl (C=O) groups is 1. The lowest BCUT2D eigenvalue weighted by atomic mass is 10.2. The van der Waals surface area contributed by atoms with Crippen molar-refractivity contribution in [3.63, 3.8) is 0 Å². The number of benzene rings is 2. The highest BCUT2D eigenvalue weighted by Gasteiger charge is 2.19. The first-order chi connectivity index (χ1) is 13.2. The molecule has 0 spiro atoms. The Balaban J connectivity index is 2.22. The van der Waals surface area contributed by atoms with Crippen LogP contribution in [0.5, 0.6) is 5.75 Å². The van der Waals surface area contributed by atoms with Gasteiger partial charge < -0.3 is 10.1 Å². The Morgan fingerprint density at radius 3 is 2.68 bits per heavy atom. The van der Waals surface area contributed by atoms with E-state index < -0.39 is 26.4 Å². The quantitative estimate of drug-likeness (QED) is 0.406. The third-order valence-corrected chi connectivity index (χ3v) is 4.68. The summed E-state index contributed by atoms with van der Waals surface area (Å²) in [4.78, 5) is 22.4. The number of nitriles is 1. The van der Waals surface area contributed by atoms with Crippen molar-refractivity contribution in [1.29, 1.82) is 5.26 Å². The standard InChI is InChI=1S/C18H17N3O6S/c1-28(25,26)17-10-13(9-15(12-17)21(23)24)18(22)20-14-5-4-6-16(11-14)27-8-3-2-7-19/h4-6,9-12H,2-3,8H2,1H3,(H,20,22). The third-order valence-electron chi connectivity index (χ3n) is 3.59. The maximum Gasteiger partial charge on any atom is 0.271 e. The number of carbonyl (C=O) groups excluding carboxylic acids is 1. The molecule has 0 aliphatic rings. The van der Waals surface area contributed by atoms with Crippen molar-refractivity contribution in [2.24, 2.45) is 0 Å². The summed E-state index contributed by atoms with van der Waals surface area (Å²) in [6.45, 7) is 0.341. The Kier molecular flexibility index (Phi) is 6.68. The molecule has 0 radical (unpaired) electrons. The first-order valence-electron chi connectivity index (χ1n) is 8.11. The van der Waals surface area contributed by atoms with Crippen molar-refractivity contribution in [2.75, 3.05) is 18.2 Å². The Morgan fingerprint density at radius 2 is 2.04 bits per heavy atom. The smallest absolute Gasteiger partial charge is 0.271 e. The molecular weight excluding hydrogens is 386 g/mol. The number of ether oxygens (including phenoxy) is 1. The summed E-state index contributed by atoms with van der Waals surface area (Å²) in [5.41, 5.74) is -0.284. The van der Waals surface area contributed by atoms with Gasteiger partial charge >= 0.3 is 0 Å². The first kappa shape index (κ1) is 20.9. The summed E-state index contributed by atoms with van der Waals surface area (Å²) in [7, 11) is -3.74. The van der Waals surface area contributed by atoms with Gasteiger partial charge in [0.25, 0.3) is 11.6 Å². The van der Waals surface area contributed by atoms with E-state index in [0.29, 0.717) is 30.9 Å². The maximum absolute atomic E-state index is 12.5. The van der Waals surface area contributed by atoms with Crippen LogP contribution in [0.4, 0.5) is 11.4 Å². The van der Waals surface area contributed by atoms with Crippen LogP contribution in [-0.4, -0.2) is 32.1 Å². The molecule has 0 heterocycles.